The van der Waals surface area contributed by atoms with Gasteiger partial charge in [0.05, 0.1) is 0 Å². The van der Waals surface area contributed by atoms with E-state index in [0.717, 1.165) is 17.1 Å². The van der Waals surface area contributed by atoms with Crippen molar-refractivity contribution in [3.63, 3.8) is 0 Å². The summed E-state index contributed by atoms with van der Waals surface area (Å²) in [7, 11) is 0. The first kappa shape index (κ1) is 15.0. The van der Waals surface area contributed by atoms with E-state index in [1.165, 1.54) is 0 Å². The summed E-state index contributed by atoms with van der Waals surface area (Å²) in [5, 5.41) is 3.14. The normalized spacial score (nSPS) is 14.3. The van der Waals surface area contributed by atoms with Gasteiger partial charge in [-0.2, -0.15) is 13.2 Å². The van der Waals surface area contributed by atoms with Crippen LogP contribution in [-0.2, 0) is 6.54 Å². The lowest BCUT2D eigenvalue weighted by molar-refractivity contribution is -0.135. The van der Waals surface area contributed by atoms with E-state index in [9.17, 15) is 13.2 Å². The zero-order chi connectivity index (χ0) is 14.4. The number of rotatable bonds is 6. The SMILES string of the molecule is FC(F)(F)CCCCNCc1cccc2c1OCCO2. The van der Waals surface area contributed by atoms with Crippen LogP contribution in [0.4, 0.5) is 13.2 Å². The van der Waals surface area contributed by atoms with Crippen LogP contribution in [0.2, 0.25) is 0 Å². The number of fused-ring (bicyclic) bond motifs is 1. The molecule has 0 fully saturated rings. The molecule has 1 aliphatic rings. The molecule has 112 valence electrons. The molecule has 2 rings (SSSR count). The minimum Gasteiger partial charge on any atom is -0.486 e. The summed E-state index contributed by atoms with van der Waals surface area (Å²) in [5.41, 5.74) is 0.970. The third-order valence-corrected chi connectivity index (χ3v) is 3.03. The molecular weight excluding hydrogens is 271 g/mol. The summed E-state index contributed by atoms with van der Waals surface area (Å²) in [6.07, 6.45) is -4.11. The molecule has 1 aliphatic heterocycles. The Labute approximate surface area is 116 Å². The molecule has 1 heterocycles. The molecule has 1 aromatic rings. The number of unbranched alkanes of at least 4 members (excludes halogenated alkanes) is 1. The maximum atomic E-state index is 12.0. The highest BCUT2D eigenvalue weighted by molar-refractivity contribution is 5.47. The molecule has 6 heteroatoms. The van der Waals surface area contributed by atoms with Crippen molar-refractivity contribution in [2.75, 3.05) is 19.8 Å². The Hall–Kier alpha value is -1.43. The second kappa shape index (κ2) is 6.83. The maximum Gasteiger partial charge on any atom is 0.389 e. The lowest BCUT2D eigenvalue weighted by Crippen LogP contribution is -2.20. The quantitative estimate of drug-likeness (QED) is 0.815. The van der Waals surface area contributed by atoms with Crippen LogP contribution in [0.15, 0.2) is 18.2 Å². The van der Waals surface area contributed by atoms with Crippen molar-refractivity contribution in [2.24, 2.45) is 0 Å². The van der Waals surface area contributed by atoms with Gasteiger partial charge in [-0.25, -0.2) is 0 Å². The summed E-state index contributed by atoms with van der Waals surface area (Å²) in [4.78, 5) is 0. The fraction of sp³-hybridized carbons (Fsp3) is 0.571. The first-order valence-corrected chi connectivity index (χ1v) is 6.71. The molecule has 20 heavy (non-hydrogen) atoms. The van der Waals surface area contributed by atoms with E-state index in [4.69, 9.17) is 9.47 Å². The maximum absolute atomic E-state index is 12.0. The van der Waals surface area contributed by atoms with E-state index < -0.39 is 12.6 Å². The topological polar surface area (TPSA) is 30.5 Å². The zero-order valence-electron chi connectivity index (χ0n) is 11.1. The third-order valence-electron chi connectivity index (χ3n) is 3.03. The summed E-state index contributed by atoms with van der Waals surface area (Å²) >= 11 is 0. The molecule has 0 amide bonds. The molecule has 0 unspecified atom stereocenters. The van der Waals surface area contributed by atoms with Gasteiger partial charge in [-0.3, -0.25) is 0 Å². The van der Waals surface area contributed by atoms with Crippen LogP contribution >= 0.6 is 0 Å². The van der Waals surface area contributed by atoms with Crippen LogP contribution < -0.4 is 14.8 Å². The van der Waals surface area contributed by atoms with Crippen LogP contribution in [-0.4, -0.2) is 25.9 Å². The molecule has 0 saturated heterocycles. The largest absolute Gasteiger partial charge is 0.486 e. The van der Waals surface area contributed by atoms with Gasteiger partial charge in [-0.05, 0) is 25.5 Å². The van der Waals surface area contributed by atoms with Gasteiger partial charge in [0, 0.05) is 18.5 Å². The Bertz CT molecular complexity index is 435. The summed E-state index contributed by atoms with van der Waals surface area (Å²) < 4.78 is 46.9. The Kier molecular flexibility index (Phi) is 5.11. The first-order valence-electron chi connectivity index (χ1n) is 6.71. The number of benzene rings is 1. The van der Waals surface area contributed by atoms with Gasteiger partial charge >= 0.3 is 6.18 Å². The van der Waals surface area contributed by atoms with Crippen LogP contribution in [0, 0.1) is 0 Å². The Morgan fingerprint density at radius 2 is 1.90 bits per heavy atom. The fourth-order valence-electron chi connectivity index (χ4n) is 2.07. The molecule has 1 N–H and O–H groups in total. The van der Waals surface area contributed by atoms with E-state index in [0.29, 0.717) is 32.7 Å². The van der Waals surface area contributed by atoms with Gasteiger partial charge in [0.25, 0.3) is 0 Å². The van der Waals surface area contributed by atoms with Crippen molar-refractivity contribution in [3.8, 4) is 11.5 Å². The van der Waals surface area contributed by atoms with Crippen LogP contribution in [0.5, 0.6) is 11.5 Å². The van der Waals surface area contributed by atoms with E-state index in [2.05, 4.69) is 5.32 Å². The van der Waals surface area contributed by atoms with Gasteiger partial charge in [-0.1, -0.05) is 12.1 Å². The molecule has 0 aliphatic carbocycles. The second-order valence-electron chi connectivity index (χ2n) is 4.69. The molecule has 0 saturated carbocycles. The van der Waals surface area contributed by atoms with Crippen molar-refractivity contribution in [2.45, 2.75) is 32.0 Å². The Morgan fingerprint density at radius 3 is 2.70 bits per heavy atom. The standard InChI is InChI=1S/C14H18F3NO2/c15-14(16,17)6-1-2-7-18-10-11-4-3-5-12-13(11)20-9-8-19-12/h3-5,18H,1-2,6-10H2. The van der Waals surface area contributed by atoms with Crippen molar-refractivity contribution in [1.82, 2.24) is 5.32 Å². The van der Waals surface area contributed by atoms with Gasteiger partial charge in [0.15, 0.2) is 11.5 Å². The molecule has 3 nitrogen and oxygen atoms in total. The number of ether oxygens (including phenoxy) is 2. The highest BCUT2D eigenvalue weighted by Crippen LogP contribution is 2.33. The molecule has 0 spiro atoms. The third kappa shape index (κ3) is 4.59. The molecule has 0 bridgehead atoms. The predicted octanol–water partition coefficient (Wildman–Crippen LogP) is 3.28. The predicted molar refractivity (Wildman–Crippen MR) is 69.0 cm³/mol. The molecule has 0 aromatic heterocycles. The van der Waals surface area contributed by atoms with E-state index >= 15 is 0 Å². The van der Waals surface area contributed by atoms with Gasteiger partial charge < -0.3 is 14.8 Å². The number of nitrogens with one attached hydrogen (secondary N) is 1. The lowest BCUT2D eigenvalue weighted by atomic mass is 10.1. The number of para-hydroxylation sites is 1. The average Bonchev–Trinajstić information content (AvgIpc) is 2.41. The van der Waals surface area contributed by atoms with Gasteiger partial charge in [0.2, 0.25) is 0 Å². The lowest BCUT2D eigenvalue weighted by Gasteiger charge is -2.21. The van der Waals surface area contributed by atoms with Crippen molar-refractivity contribution >= 4 is 0 Å². The average molecular weight is 289 g/mol. The molecular formula is C14H18F3NO2. The van der Waals surface area contributed by atoms with Gasteiger partial charge in [-0.15, -0.1) is 0 Å². The van der Waals surface area contributed by atoms with Crippen molar-refractivity contribution in [1.29, 1.82) is 0 Å². The van der Waals surface area contributed by atoms with Crippen LogP contribution in [0.1, 0.15) is 24.8 Å². The molecule has 0 atom stereocenters. The minimum atomic E-state index is -4.05. The van der Waals surface area contributed by atoms with E-state index in [1.54, 1.807) is 0 Å². The number of halogens is 3. The summed E-state index contributed by atoms with van der Waals surface area (Å²) in [5.74, 6) is 1.47. The van der Waals surface area contributed by atoms with Crippen molar-refractivity contribution < 1.29 is 22.6 Å². The van der Waals surface area contributed by atoms with E-state index in [1.807, 2.05) is 18.2 Å². The number of hydrogen-bond donors (Lipinski definition) is 1. The Balaban J connectivity index is 1.72. The summed E-state index contributed by atoms with van der Waals surface area (Å²) in [6, 6.07) is 5.66. The highest BCUT2D eigenvalue weighted by Gasteiger charge is 2.25. The molecule has 1 aromatic carbocycles. The van der Waals surface area contributed by atoms with Crippen LogP contribution in [0.25, 0.3) is 0 Å². The van der Waals surface area contributed by atoms with E-state index in [-0.39, 0.29) is 6.42 Å². The zero-order valence-corrected chi connectivity index (χ0v) is 11.1. The minimum absolute atomic E-state index is 0.156. The monoisotopic (exact) mass is 289 g/mol. The number of hydrogen-bond acceptors (Lipinski definition) is 3. The van der Waals surface area contributed by atoms with Crippen molar-refractivity contribution in [3.05, 3.63) is 23.8 Å². The summed E-state index contributed by atoms with van der Waals surface area (Å²) in [6.45, 7) is 2.19. The smallest absolute Gasteiger partial charge is 0.389 e. The second-order valence-corrected chi connectivity index (χ2v) is 4.69. The first-order chi connectivity index (χ1) is 9.56. The highest BCUT2D eigenvalue weighted by atomic mass is 19.4. The van der Waals surface area contributed by atoms with Crippen LogP contribution in [0.3, 0.4) is 0 Å². The molecule has 0 radical (unpaired) electrons. The number of alkyl halides is 3. The van der Waals surface area contributed by atoms with Gasteiger partial charge in [0.1, 0.15) is 13.2 Å². The Morgan fingerprint density at radius 1 is 1.10 bits per heavy atom. The fourth-order valence-corrected chi connectivity index (χ4v) is 2.07.